The van der Waals surface area contributed by atoms with Gasteiger partial charge in [-0.3, -0.25) is 4.79 Å². The molecule has 6 heteroatoms. The van der Waals surface area contributed by atoms with Crippen LogP contribution in [-0.4, -0.2) is 41.2 Å². The van der Waals surface area contributed by atoms with E-state index < -0.39 is 0 Å². The van der Waals surface area contributed by atoms with Crippen molar-refractivity contribution in [1.29, 1.82) is 0 Å². The van der Waals surface area contributed by atoms with Crippen LogP contribution in [0.25, 0.3) is 0 Å². The molecule has 1 saturated heterocycles. The van der Waals surface area contributed by atoms with Crippen molar-refractivity contribution in [2.45, 2.75) is 26.5 Å². The van der Waals surface area contributed by atoms with Gasteiger partial charge >= 0.3 is 0 Å². The molecule has 19 heavy (non-hydrogen) atoms. The Morgan fingerprint density at radius 2 is 2.37 bits per heavy atom. The van der Waals surface area contributed by atoms with Gasteiger partial charge < -0.3 is 14.2 Å². The summed E-state index contributed by atoms with van der Waals surface area (Å²) in [5, 5.41) is 0. The van der Waals surface area contributed by atoms with Crippen LogP contribution < -0.4 is 10.5 Å². The number of hydrogen-bond acceptors (Lipinski definition) is 4. The Hall–Kier alpha value is -1.07. The molecule has 0 spiro atoms. The van der Waals surface area contributed by atoms with Crippen LogP contribution in [0.1, 0.15) is 13.8 Å². The maximum Gasteiger partial charge on any atom is 0.293 e. The third-order valence-corrected chi connectivity index (χ3v) is 3.41. The van der Waals surface area contributed by atoms with Crippen molar-refractivity contribution >= 4 is 17.4 Å². The van der Waals surface area contributed by atoms with Crippen LogP contribution in [-0.2, 0) is 11.3 Å². The van der Waals surface area contributed by atoms with Gasteiger partial charge in [-0.1, -0.05) is 13.8 Å². The maximum atomic E-state index is 12.4. The minimum Gasteiger partial charge on any atom is -0.373 e. The van der Waals surface area contributed by atoms with E-state index in [4.69, 9.17) is 16.3 Å². The van der Waals surface area contributed by atoms with Crippen LogP contribution >= 0.6 is 11.6 Å². The van der Waals surface area contributed by atoms with Crippen molar-refractivity contribution in [3.05, 3.63) is 22.7 Å². The minimum atomic E-state index is -0.0357. The van der Waals surface area contributed by atoms with Crippen LogP contribution in [0.2, 0.25) is 0 Å². The molecule has 2 heterocycles. The zero-order valence-corrected chi connectivity index (χ0v) is 12.1. The molecule has 5 nitrogen and oxygen atoms in total. The molecule has 1 aliphatic rings. The van der Waals surface area contributed by atoms with Gasteiger partial charge in [-0.25, -0.2) is 4.98 Å². The van der Waals surface area contributed by atoms with Crippen molar-refractivity contribution in [2.75, 3.05) is 30.5 Å². The van der Waals surface area contributed by atoms with Crippen molar-refractivity contribution in [1.82, 2.24) is 9.55 Å². The van der Waals surface area contributed by atoms with E-state index in [1.807, 2.05) is 4.90 Å². The largest absolute Gasteiger partial charge is 0.373 e. The van der Waals surface area contributed by atoms with Crippen LogP contribution in [0.15, 0.2) is 17.2 Å². The second kappa shape index (κ2) is 6.39. The number of nitrogens with zero attached hydrogens (tertiary/aromatic N) is 3. The molecular formula is C13H20ClN3O2. The topological polar surface area (TPSA) is 47.4 Å². The summed E-state index contributed by atoms with van der Waals surface area (Å²) < 4.78 is 7.22. The molecular weight excluding hydrogens is 266 g/mol. The lowest BCUT2D eigenvalue weighted by Gasteiger charge is -2.32. The van der Waals surface area contributed by atoms with Gasteiger partial charge in [-0.15, -0.1) is 11.6 Å². The fraction of sp³-hybridized carbons (Fsp3) is 0.692. The molecule has 0 radical (unpaired) electrons. The van der Waals surface area contributed by atoms with Crippen LogP contribution in [0.5, 0.6) is 0 Å². The fourth-order valence-corrected chi connectivity index (χ4v) is 2.38. The molecule has 1 aromatic rings. The summed E-state index contributed by atoms with van der Waals surface area (Å²) in [6.45, 7) is 6.77. The highest BCUT2D eigenvalue weighted by Gasteiger charge is 2.23. The Morgan fingerprint density at radius 3 is 3.05 bits per heavy atom. The number of hydrogen-bond donors (Lipinski definition) is 0. The Bertz CT molecular complexity index is 475. The van der Waals surface area contributed by atoms with E-state index in [9.17, 15) is 4.79 Å². The second-order valence-electron chi connectivity index (χ2n) is 5.20. The quantitative estimate of drug-likeness (QED) is 0.784. The summed E-state index contributed by atoms with van der Waals surface area (Å²) in [7, 11) is 0. The van der Waals surface area contributed by atoms with E-state index in [1.54, 1.807) is 17.0 Å². The van der Waals surface area contributed by atoms with Gasteiger partial charge in [0, 0.05) is 32.0 Å². The Kier molecular flexibility index (Phi) is 4.82. The number of aromatic nitrogens is 2. The molecule has 1 fully saturated rings. The van der Waals surface area contributed by atoms with Gasteiger partial charge in [0.25, 0.3) is 5.56 Å². The summed E-state index contributed by atoms with van der Waals surface area (Å²) in [5.74, 6) is 1.36. The van der Waals surface area contributed by atoms with Gasteiger partial charge in [0.2, 0.25) is 0 Å². The van der Waals surface area contributed by atoms with Gasteiger partial charge in [0.05, 0.1) is 18.6 Å². The molecule has 2 rings (SSSR count). The zero-order valence-electron chi connectivity index (χ0n) is 11.4. The second-order valence-corrected chi connectivity index (χ2v) is 5.50. The van der Waals surface area contributed by atoms with Crippen LogP contribution in [0.4, 0.5) is 5.82 Å². The molecule has 0 N–H and O–H groups in total. The SMILES string of the molecule is CC(C)Cn1ccnc(N2CCOC(CCl)C2)c1=O. The average Bonchev–Trinajstić information content (AvgIpc) is 2.41. The predicted molar refractivity (Wildman–Crippen MR) is 76.0 cm³/mol. The highest BCUT2D eigenvalue weighted by molar-refractivity contribution is 6.18. The molecule has 0 amide bonds. The third-order valence-electron chi connectivity index (χ3n) is 3.07. The smallest absolute Gasteiger partial charge is 0.293 e. The van der Waals surface area contributed by atoms with E-state index in [1.165, 1.54) is 0 Å². The van der Waals surface area contributed by atoms with E-state index in [-0.39, 0.29) is 11.7 Å². The number of alkyl halides is 1. The highest BCUT2D eigenvalue weighted by Crippen LogP contribution is 2.12. The van der Waals surface area contributed by atoms with Gasteiger partial charge in [-0.05, 0) is 5.92 Å². The third kappa shape index (κ3) is 3.48. The zero-order chi connectivity index (χ0) is 13.8. The van der Waals surface area contributed by atoms with Crippen molar-refractivity contribution in [3.63, 3.8) is 0 Å². The van der Waals surface area contributed by atoms with Crippen LogP contribution in [0, 0.1) is 5.92 Å². The lowest BCUT2D eigenvalue weighted by atomic mass is 10.2. The summed E-state index contributed by atoms with van der Waals surface area (Å²) in [5.41, 5.74) is -0.0357. The molecule has 1 atom stereocenters. The van der Waals surface area contributed by atoms with E-state index >= 15 is 0 Å². The lowest BCUT2D eigenvalue weighted by Crippen LogP contribution is -2.46. The molecule has 0 aliphatic carbocycles. The van der Waals surface area contributed by atoms with E-state index in [2.05, 4.69) is 18.8 Å². The first-order valence-corrected chi connectivity index (χ1v) is 7.13. The highest BCUT2D eigenvalue weighted by atomic mass is 35.5. The number of morpholine rings is 1. The molecule has 106 valence electrons. The first-order valence-electron chi connectivity index (χ1n) is 6.59. The summed E-state index contributed by atoms with van der Waals surface area (Å²) in [6, 6.07) is 0. The molecule has 0 aromatic carbocycles. The predicted octanol–water partition coefficient (Wildman–Crippen LogP) is 1.34. The summed E-state index contributed by atoms with van der Waals surface area (Å²) in [4.78, 5) is 18.6. The summed E-state index contributed by atoms with van der Waals surface area (Å²) >= 11 is 5.82. The van der Waals surface area contributed by atoms with E-state index in [0.29, 0.717) is 43.9 Å². The summed E-state index contributed by atoms with van der Waals surface area (Å²) in [6.07, 6.45) is 3.39. The van der Waals surface area contributed by atoms with Gasteiger partial charge in [0.1, 0.15) is 0 Å². The Labute approximate surface area is 118 Å². The number of halogens is 1. The van der Waals surface area contributed by atoms with Crippen LogP contribution in [0.3, 0.4) is 0 Å². The number of anilines is 1. The first-order chi connectivity index (χ1) is 9.11. The van der Waals surface area contributed by atoms with Crippen molar-refractivity contribution < 1.29 is 4.74 Å². The normalized spacial score (nSPS) is 20.0. The number of ether oxygens (including phenoxy) is 1. The lowest BCUT2D eigenvalue weighted by molar-refractivity contribution is 0.0550. The fourth-order valence-electron chi connectivity index (χ4n) is 2.19. The molecule has 0 saturated carbocycles. The first kappa shape index (κ1) is 14.3. The standard InChI is InChI=1S/C13H20ClN3O2/c1-10(2)8-17-4-3-15-12(13(17)18)16-5-6-19-11(7-14)9-16/h3-4,10-11H,5-9H2,1-2H3. The molecule has 1 aliphatic heterocycles. The Morgan fingerprint density at radius 1 is 1.58 bits per heavy atom. The van der Waals surface area contributed by atoms with Crippen molar-refractivity contribution in [2.24, 2.45) is 5.92 Å². The maximum absolute atomic E-state index is 12.4. The van der Waals surface area contributed by atoms with Crippen molar-refractivity contribution in [3.8, 4) is 0 Å². The molecule has 0 bridgehead atoms. The average molecular weight is 286 g/mol. The minimum absolute atomic E-state index is 0.0321. The molecule has 1 unspecified atom stereocenters. The van der Waals surface area contributed by atoms with Gasteiger partial charge in [-0.2, -0.15) is 0 Å². The monoisotopic (exact) mass is 285 g/mol. The number of rotatable bonds is 4. The van der Waals surface area contributed by atoms with E-state index in [0.717, 1.165) is 0 Å². The molecule has 1 aromatic heterocycles. The van der Waals surface area contributed by atoms with Gasteiger partial charge in [0.15, 0.2) is 5.82 Å². The Balaban J connectivity index is 2.22.